The zero-order valence-corrected chi connectivity index (χ0v) is 20.6. The van der Waals surface area contributed by atoms with Gasteiger partial charge in [-0.15, -0.1) is 0 Å². The second kappa shape index (κ2) is 11.0. The second-order valence-electron chi connectivity index (χ2n) is 10.4. The molecule has 1 amide bonds. The molecule has 3 fully saturated rings. The molecule has 184 valence electrons. The molecule has 2 aromatic rings. The summed E-state index contributed by atoms with van der Waals surface area (Å²) in [5, 5.41) is 20.6. The fourth-order valence-corrected chi connectivity index (χ4v) is 5.65. The van der Waals surface area contributed by atoms with Gasteiger partial charge in [-0.2, -0.15) is 10.2 Å². The number of nitrogens with zero attached hydrogens (tertiary/aromatic N) is 2. The maximum atomic E-state index is 13.2. The monoisotopic (exact) mass is 473 g/mol. The number of fused-ring (bicyclic) bond motifs is 2. The van der Waals surface area contributed by atoms with Crippen LogP contribution in [0.3, 0.4) is 0 Å². The summed E-state index contributed by atoms with van der Waals surface area (Å²) in [5.74, 6) is 0.807. The first-order valence-corrected chi connectivity index (χ1v) is 12.6. The van der Waals surface area contributed by atoms with Gasteiger partial charge < -0.3 is 10.4 Å². The molecule has 4 atom stereocenters. The molecule has 0 aromatic heterocycles. The Morgan fingerprint density at radius 2 is 1.69 bits per heavy atom. The van der Waals surface area contributed by atoms with Crippen LogP contribution in [0.1, 0.15) is 62.7 Å². The van der Waals surface area contributed by atoms with Gasteiger partial charge in [0.05, 0.1) is 11.4 Å². The van der Waals surface area contributed by atoms with Gasteiger partial charge in [0.2, 0.25) is 0 Å². The molecule has 3 saturated carbocycles. The number of allylic oxidation sites excluding steroid dienone is 2. The van der Waals surface area contributed by atoms with Crippen molar-refractivity contribution in [1.82, 2.24) is 5.32 Å². The van der Waals surface area contributed by atoms with E-state index in [1.165, 1.54) is 6.42 Å². The number of carboxylic acids is 1. The fourth-order valence-electron chi connectivity index (χ4n) is 5.65. The average Bonchev–Trinajstić information content (AvgIpc) is 2.86. The Kier molecular flexibility index (Phi) is 7.79. The van der Waals surface area contributed by atoms with Crippen LogP contribution in [0.25, 0.3) is 0 Å². The number of nitrogens with one attached hydrogen (secondary N) is 1. The van der Waals surface area contributed by atoms with Gasteiger partial charge >= 0.3 is 5.97 Å². The van der Waals surface area contributed by atoms with Crippen LogP contribution in [0.2, 0.25) is 0 Å². The van der Waals surface area contributed by atoms with Crippen molar-refractivity contribution in [1.29, 1.82) is 0 Å². The van der Waals surface area contributed by atoms with Gasteiger partial charge in [0, 0.05) is 18.0 Å². The number of aliphatic carboxylic acids is 1. The zero-order valence-electron chi connectivity index (χ0n) is 20.6. The van der Waals surface area contributed by atoms with Crippen molar-refractivity contribution in [2.45, 2.75) is 58.4 Å². The number of carbonyl (C=O) groups is 2. The minimum Gasteiger partial charge on any atom is -0.481 e. The molecule has 35 heavy (non-hydrogen) atoms. The topological polar surface area (TPSA) is 91.1 Å². The van der Waals surface area contributed by atoms with Crippen molar-refractivity contribution in [3.05, 3.63) is 72.3 Å². The highest BCUT2D eigenvalue weighted by atomic mass is 16.4. The molecule has 5 rings (SSSR count). The molecule has 0 radical (unpaired) electrons. The highest BCUT2D eigenvalue weighted by Crippen LogP contribution is 2.61. The Balaban J connectivity index is 1.37. The minimum absolute atomic E-state index is 0.0434. The molecule has 0 aliphatic heterocycles. The van der Waals surface area contributed by atoms with Crippen LogP contribution in [0.5, 0.6) is 0 Å². The van der Waals surface area contributed by atoms with Crippen LogP contribution in [-0.4, -0.2) is 23.0 Å². The van der Waals surface area contributed by atoms with Crippen LogP contribution < -0.4 is 5.32 Å². The number of azo groups is 1. The Hall–Kier alpha value is -3.28. The van der Waals surface area contributed by atoms with Crippen LogP contribution in [0, 0.1) is 23.2 Å². The summed E-state index contributed by atoms with van der Waals surface area (Å²) in [7, 11) is 0. The Morgan fingerprint density at radius 3 is 2.34 bits per heavy atom. The quantitative estimate of drug-likeness (QED) is 0.219. The minimum atomic E-state index is -0.747. The third-order valence-corrected chi connectivity index (χ3v) is 7.91. The number of hydrogen-bond acceptors (Lipinski definition) is 4. The lowest BCUT2D eigenvalue weighted by molar-refractivity contribution is -0.137. The van der Waals surface area contributed by atoms with E-state index in [0.29, 0.717) is 35.4 Å². The van der Waals surface area contributed by atoms with Crippen molar-refractivity contribution >= 4 is 23.3 Å². The second-order valence-corrected chi connectivity index (χ2v) is 10.4. The van der Waals surface area contributed by atoms with Gasteiger partial charge in [0.25, 0.3) is 5.91 Å². The van der Waals surface area contributed by atoms with Crippen LogP contribution >= 0.6 is 0 Å². The normalized spacial score (nSPS) is 24.9. The molecule has 0 unspecified atom stereocenters. The Bertz CT molecular complexity index is 1080. The summed E-state index contributed by atoms with van der Waals surface area (Å²) in [6.07, 6.45) is 9.13. The summed E-state index contributed by atoms with van der Waals surface area (Å²) < 4.78 is 0. The highest BCUT2D eigenvalue weighted by Gasteiger charge is 2.57. The van der Waals surface area contributed by atoms with Crippen molar-refractivity contribution in [2.75, 3.05) is 0 Å². The summed E-state index contributed by atoms with van der Waals surface area (Å²) in [5.41, 5.74) is 2.37. The summed E-state index contributed by atoms with van der Waals surface area (Å²) in [4.78, 5) is 23.8. The van der Waals surface area contributed by atoms with Gasteiger partial charge in [-0.25, -0.2) is 0 Å². The Labute approximate surface area is 207 Å². The smallest absolute Gasteiger partial charge is 0.303 e. The molecule has 2 N–H and O–H groups in total. The van der Waals surface area contributed by atoms with Crippen molar-refractivity contribution in [3.8, 4) is 0 Å². The third-order valence-electron chi connectivity index (χ3n) is 7.91. The van der Waals surface area contributed by atoms with E-state index in [-0.39, 0.29) is 23.8 Å². The van der Waals surface area contributed by atoms with Crippen LogP contribution in [-0.2, 0) is 4.79 Å². The number of hydrogen-bond donors (Lipinski definition) is 2. The maximum Gasteiger partial charge on any atom is 0.303 e. The van der Waals surface area contributed by atoms with E-state index in [0.717, 1.165) is 24.9 Å². The van der Waals surface area contributed by atoms with Crippen molar-refractivity contribution in [3.63, 3.8) is 0 Å². The Morgan fingerprint density at radius 1 is 1.00 bits per heavy atom. The van der Waals surface area contributed by atoms with Gasteiger partial charge in [0.1, 0.15) is 0 Å². The summed E-state index contributed by atoms with van der Waals surface area (Å²) in [6, 6.07) is 17.0. The molecule has 2 aromatic carbocycles. The average molecular weight is 474 g/mol. The lowest BCUT2D eigenvalue weighted by Gasteiger charge is -2.62. The molecule has 6 heteroatoms. The first-order chi connectivity index (χ1) is 16.8. The molecule has 0 heterocycles. The summed E-state index contributed by atoms with van der Waals surface area (Å²) >= 11 is 0. The predicted octanol–water partition coefficient (Wildman–Crippen LogP) is 7.08. The molecule has 0 saturated heterocycles. The molecular weight excluding hydrogens is 438 g/mol. The lowest BCUT2D eigenvalue weighted by atomic mass is 9.44. The first-order valence-electron chi connectivity index (χ1n) is 12.6. The van der Waals surface area contributed by atoms with E-state index in [4.69, 9.17) is 5.11 Å². The number of unbranched alkanes of at least 4 members (excludes halogenated alkanes) is 1. The van der Waals surface area contributed by atoms with E-state index in [2.05, 4.69) is 41.5 Å². The fraction of sp³-hybridized carbons (Fsp3) is 0.448. The van der Waals surface area contributed by atoms with Crippen molar-refractivity contribution < 1.29 is 14.7 Å². The largest absolute Gasteiger partial charge is 0.481 e. The van der Waals surface area contributed by atoms with Gasteiger partial charge in [-0.3, -0.25) is 9.59 Å². The van der Waals surface area contributed by atoms with E-state index < -0.39 is 5.97 Å². The van der Waals surface area contributed by atoms with Gasteiger partial charge in [-0.05, 0) is 91.7 Å². The number of benzene rings is 2. The van der Waals surface area contributed by atoms with E-state index >= 15 is 0 Å². The molecule has 0 spiro atoms. The number of amides is 1. The SMILES string of the molecule is CC1(C)[C@H]2C[C@H](C/C=C\CCCC(=O)O)[C@@H](NC(=O)c3ccc(N=Nc4ccccc4)cc3)[C@@H]1C2. The third kappa shape index (κ3) is 6.05. The summed E-state index contributed by atoms with van der Waals surface area (Å²) in [6.45, 7) is 4.66. The predicted molar refractivity (Wildman–Crippen MR) is 137 cm³/mol. The standard InChI is InChI=1S/C29H35N3O3/c1-29(2)22-18-21(10-6-3-4-9-13-26(33)34)27(25(29)19-22)30-28(35)20-14-16-24(17-15-20)32-31-23-11-7-5-8-12-23/h3,5-8,11-12,14-17,21-22,25,27H,4,9-10,13,18-19H2,1-2H3,(H,30,35)(H,33,34)/b6-3-,32-31?/t21-,22-,25-,27+/m0/s1. The number of carboxylic acid groups (broad SMARTS) is 1. The number of rotatable bonds is 10. The molecule has 6 nitrogen and oxygen atoms in total. The van der Waals surface area contributed by atoms with Gasteiger partial charge in [0.15, 0.2) is 0 Å². The van der Waals surface area contributed by atoms with Crippen LogP contribution in [0.4, 0.5) is 11.4 Å². The van der Waals surface area contributed by atoms with Crippen LogP contribution in [0.15, 0.2) is 77.0 Å². The zero-order chi connectivity index (χ0) is 24.8. The van der Waals surface area contributed by atoms with E-state index in [9.17, 15) is 9.59 Å². The molecular formula is C29H35N3O3. The van der Waals surface area contributed by atoms with E-state index in [1.807, 2.05) is 54.6 Å². The lowest BCUT2D eigenvalue weighted by Crippen LogP contribution is -2.63. The maximum absolute atomic E-state index is 13.2. The number of carbonyl (C=O) groups excluding carboxylic acids is 1. The molecule has 2 bridgehead atoms. The highest BCUT2D eigenvalue weighted by molar-refractivity contribution is 5.94. The van der Waals surface area contributed by atoms with Crippen molar-refractivity contribution in [2.24, 2.45) is 33.4 Å². The first kappa shape index (κ1) is 24.8. The van der Waals surface area contributed by atoms with Gasteiger partial charge in [-0.1, -0.05) is 44.2 Å². The van der Waals surface area contributed by atoms with E-state index in [1.54, 1.807) is 0 Å². The molecule has 3 aliphatic rings. The molecule has 3 aliphatic carbocycles.